The van der Waals surface area contributed by atoms with Crippen molar-refractivity contribution >= 4 is 21.8 Å². The second-order valence-corrected chi connectivity index (χ2v) is 5.16. The number of methoxy groups -OCH3 is 1. The molecule has 0 aliphatic carbocycles. The largest absolute Gasteiger partial charge is 0.497 e. The Labute approximate surface area is 129 Å². The first-order chi connectivity index (χ1) is 11.2. The summed E-state index contributed by atoms with van der Waals surface area (Å²) >= 11 is 0. The molecule has 5 nitrogen and oxygen atoms in total. The number of H-pyrrole nitrogens is 1. The molecule has 4 rings (SSSR count). The zero-order chi connectivity index (χ0) is 16.0. The van der Waals surface area contributed by atoms with Crippen molar-refractivity contribution in [2.24, 2.45) is 0 Å². The highest BCUT2D eigenvalue weighted by molar-refractivity contribution is 6.02. The lowest BCUT2D eigenvalue weighted by atomic mass is 10.2. The number of ether oxygens (including phenoxy) is 1. The van der Waals surface area contributed by atoms with E-state index in [0.29, 0.717) is 33.2 Å². The number of aromatic nitrogens is 3. The maximum absolute atomic E-state index is 13.5. The lowest BCUT2D eigenvalue weighted by Gasteiger charge is -2.03. The summed E-state index contributed by atoms with van der Waals surface area (Å²) in [5.74, 6) is 0.331. The van der Waals surface area contributed by atoms with Crippen LogP contribution >= 0.6 is 0 Å². The van der Waals surface area contributed by atoms with Crippen LogP contribution < -0.4 is 10.3 Å². The zero-order valence-corrected chi connectivity index (χ0v) is 12.2. The van der Waals surface area contributed by atoms with Crippen LogP contribution in [0.3, 0.4) is 0 Å². The Bertz CT molecular complexity index is 1080. The average molecular weight is 309 g/mol. The molecule has 0 bridgehead atoms. The summed E-state index contributed by atoms with van der Waals surface area (Å²) in [5.41, 5.74) is 1.62. The van der Waals surface area contributed by atoms with Gasteiger partial charge in [0, 0.05) is 11.6 Å². The number of halogens is 1. The van der Waals surface area contributed by atoms with Crippen molar-refractivity contribution in [3.63, 3.8) is 0 Å². The number of hydrogen-bond acceptors (Lipinski definition) is 3. The first-order valence-electron chi connectivity index (χ1n) is 7.01. The van der Waals surface area contributed by atoms with Crippen LogP contribution in [-0.2, 0) is 0 Å². The molecule has 0 amide bonds. The standard InChI is InChI=1S/C17H12FN3O2/c1-23-12-5-3-11(4-6-12)21-17(22)14-9-19-15-7-2-10(18)8-13(15)16(14)20-21/h2-9,20H,1H3. The van der Waals surface area contributed by atoms with Gasteiger partial charge in [-0.3, -0.25) is 14.9 Å². The Kier molecular flexibility index (Phi) is 2.90. The molecule has 0 aliphatic rings. The Morgan fingerprint density at radius 1 is 1.13 bits per heavy atom. The fraction of sp³-hybridized carbons (Fsp3) is 0.0588. The van der Waals surface area contributed by atoms with Gasteiger partial charge in [-0.05, 0) is 42.5 Å². The Hall–Kier alpha value is -3.15. The smallest absolute Gasteiger partial charge is 0.280 e. The molecular weight excluding hydrogens is 297 g/mol. The minimum absolute atomic E-state index is 0.233. The number of hydrogen-bond donors (Lipinski definition) is 1. The summed E-state index contributed by atoms with van der Waals surface area (Å²) in [6.45, 7) is 0. The highest BCUT2D eigenvalue weighted by Crippen LogP contribution is 2.22. The average Bonchev–Trinajstić information content (AvgIpc) is 2.92. The summed E-state index contributed by atoms with van der Waals surface area (Å²) in [7, 11) is 1.58. The number of rotatable bonds is 2. The predicted octanol–water partition coefficient (Wildman–Crippen LogP) is 3.01. The van der Waals surface area contributed by atoms with Gasteiger partial charge in [-0.15, -0.1) is 0 Å². The Morgan fingerprint density at radius 3 is 2.65 bits per heavy atom. The molecule has 0 fully saturated rings. The molecule has 2 aromatic carbocycles. The first-order valence-corrected chi connectivity index (χ1v) is 7.01. The molecular formula is C17H12FN3O2. The fourth-order valence-corrected chi connectivity index (χ4v) is 2.64. The van der Waals surface area contributed by atoms with E-state index in [4.69, 9.17) is 4.74 Å². The van der Waals surface area contributed by atoms with Crippen LogP contribution in [0.2, 0.25) is 0 Å². The summed E-state index contributed by atoms with van der Waals surface area (Å²) < 4.78 is 20.1. The van der Waals surface area contributed by atoms with E-state index < -0.39 is 0 Å². The van der Waals surface area contributed by atoms with Crippen molar-refractivity contribution < 1.29 is 9.13 Å². The SMILES string of the molecule is COc1ccc(-n2[nH]c3c(cnc4ccc(F)cc43)c2=O)cc1. The summed E-state index contributed by atoms with van der Waals surface area (Å²) in [4.78, 5) is 16.8. The zero-order valence-electron chi connectivity index (χ0n) is 12.2. The third-order valence-corrected chi connectivity index (χ3v) is 3.82. The third-order valence-electron chi connectivity index (χ3n) is 3.82. The van der Waals surface area contributed by atoms with E-state index in [9.17, 15) is 9.18 Å². The van der Waals surface area contributed by atoms with Crippen LogP contribution in [0.15, 0.2) is 53.5 Å². The van der Waals surface area contributed by atoms with Gasteiger partial charge in [-0.2, -0.15) is 0 Å². The van der Waals surface area contributed by atoms with Gasteiger partial charge < -0.3 is 4.74 Å². The van der Waals surface area contributed by atoms with E-state index in [-0.39, 0.29) is 11.4 Å². The second-order valence-electron chi connectivity index (χ2n) is 5.16. The predicted molar refractivity (Wildman–Crippen MR) is 85.7 cm³/mol. The molecule has 0 unspecified atom stereocenters. The highest BCUT2D eigenvalue weighted by atomic mass is 19.1. The van der Waals surface area contributed by atoms with E-state index in [1.54, 1.807) is 37.4 Å². The summed E-state index contributed by atoms with van der Waals surface area (Å²) in [5, 5.41) is 4.04. The number of pyridine rings is 1. The van der Waals surface area contributed by atoms with Crippen molar-refractivity contribution in [1.82, 2.24) is 14.8 Å². The third kappa shape index (κ3) is 2.07. The Balaban J connectivity index is 2.01. The molecule has 1 N–H and O–H groups in total. The number of nitrogens with zero attached hydrogens (tertiary/aromatic N) is 2. The van der Waals surface area contributed by atoms with E-state index in [2.05, 4.69) is 10.1 Å². The van der Waals surface area contributed by atoms with Crippen LogP contribution in [0.25, 0.3) is 27.5 Å². The van der Waals surface area contributed by atoms with Crippen LogP contribution in [-0.4, -0.2) is 21.9 Å². The number of aromatic amines is 1. The normalized spacial score (nSPS) is 11.2. The lowest BCUT2D eigenvalue weighted by Crippen LogP contribution is -2.14. The van der Waals surface area contributed by atoms with Crippen molar-refractivity contribution in [2.75, 3.05) is 7.11 Å². The molecule has 0 aliphatic heterocycles. The molecule has 0 radical (unpaired) electrons. The van der Waals surface area contributed by atoms with Crippen LogP contribution in [0.1, 0.15) is 0 Å². The number of nitrogens with one attached hydrogen (secondary N) is 1. The van der Waals surface area contributed by atoms with Gasteiger partial charge in [-0.25, -0.2) is 9.07 Å². The minimum atomic E-state index is -0.371. The van der Waals surface area contributed by atoms with Crippen molar-refractivity contribution in [3.05, 3.63) is 64.8 Å². The maximum Gasteiger partial charge on any atom is 0.280 e. The molecule has 2 heterocycles. The molecule has 6 heteroatoms. The summed E-state index contributed by atoms with van der Waals surface area (Å²) in [6, 6.07) is 11.4. The van der Waals surface area contributed by atoms with E-state index in [0.717, 1.165) is 0 Å². The highest BCUT2D eigenvalue weighted by Gasteiger charge is 2.12. The van der Waals surface area contributed by atoms with Gasteiger partial charge in [0.15, 0.2) is 0 Å². The monoisotopic (exact) mass is 309 g/mol. The molecule has 114 valence electrons. The van der Waals surface area contributed by atoms with Gasteiger partial charge in [0.25, 0.3) is 5.56 Å². The maximum atomic E-state index is 13.5. The van der Waals surface area contributed by atoms with Crippen LogP contribution in [0.4, 0.5) is 4.39 Å². The van der Waals surface area contributed by atoms with Gasteiger partial charge in [-0.1, -0.05) is 0 Å². The number of benzene rings is 2. The Morgan fingerprint density at radius 2 is 1.91 bits per heavy atom. The van der Waals surface area contributed by atoms with E-state index in [1.807, 2.05) is 0 Å². The molecule has 4 aromatic rings. The van der Waals surface area contributed by atoms with Crippen molar-refractivity contribution in [2.45, 2.75) is 0 Å². The quantitative estimate of drug-likeness (QED) is 0.619. The van der Waals surface area contributed by atoms with Crippen LogP contribution in [0, 0.1) is 5.82 Å². The first kappa shape index (κ1) is 13.5. The topological polar surface area (TPSA) is 59.9 Å². The molecule has 23 heavy (non-hydrogen) atoms. The van der Waals surface area contributed by atoms with Crippen molar-refractivity contribution in [1.29, 1.82) is 0 Å². The molecule has 0 saturated carbocycles. The van der Waals surface area contributed by atoms with Gasteiger partial charge in [0.2, 0.25) is 0 Å². The fourth-order valence-electron chi connectivity index (χ4n) is 2.64. The lowest BCUT2D eigenvalue weighted by molar-refractivity contribution is 0.414. The second kappa shape index (κ2) is 4.95. The van der Waals surface area contributed by atoms with Crippen molar-refractivity contribution in [3.8, 4) is 11.4 Å². The van der Waals surface area contributed by atoms with Gasteiger partial charge >= 0.3 is 0 Å². The summed E-state index contributed by atoms with van der Waals surface area (Å²) in [6.07, 6.45) is 1.51. The van der Waals surface area contributed by atoms with Gasteiger partial charge in [0.05, 0.1) is 29.2 Å². The molecule has 2 aromatic heterocycles. The number of fused-ring (bicyclic) bond motifs is 3. The molecule has 0 atom stereocenters. The van der Waals surface area contributed by atoms with Crippen LogP contribution in [0.5, 0.6) is 5.75 Å². The van der Waals surface area contributed by atoms with Gasteiger partial charge in [0.1, 0.15) is 11.6 Å². The van der Waals surface area contributed by atoms with E-state index >= 15 is 0 Å². The minimum Gasteiger partial charge on any atom is -0.497 e. The molecule has 0 spiro atoms. The molecule has 0 saturated heterocycles. The van der Waals surface area contributed by atoms with E-state index in [1.165, 1.54) is 23.0 Å².